The van der Waals surface area contributed by atoms with Crippen molar-refractivity contribution in [1.29, 1.82) is 5.26 Å². The van der Waals surface area contributed by atoms with Crippen molar-refractivity contribution >= 4 is 17.1 Å². The van der Waals surface area contributed by atoms with Crippen LogP contribution in [0.15, 0.2) is 12.1 Å². The zero-order chi connectivity index (χ0) is 10.0. The molecule has 0 aliphatic heterocycles. The largest absolute Gasteiger partial charge is 0.398 e. The van der Waals surface area contributed by atoms with Crippen LogP contribution >= 0.6 is 0 Å². The summed E-state index contributed by atoms with van der Waals surface area (Å²) in [5.74, 6) is 0. The van der Waals surface area contributed by atoms with Gasteiger partial charge in [0.1, 0.15) is 11.8 Å². The number of rotatable bonds is 1. The average molecular weight is 178 g/mol. The molecular formula is C7H6N4O2. The molecule has 0 saturated carbocycles. The Morgan fingerprint density at radius 3 is 2.46 bits per heavy atom. The number of benzene rings is 1. The minimum atomic E-state index is -0.657. The van der Waals surface area contributed by atoms with Crippen molar-refractivity contribution in [1.82, 2.24) is 0 Å². The van der Waals surface area contributed by atoms with Crippen molar-refractivity contribution in [3.8, 4) is 6.07 Å². The van der Waals surface area contributed by atoms with E-state index in [1.807, 2.05) is 0 Å². The fourth-order valence-electron chi connectivity index (χ4n) is 0.878. The normalized spacial score (nSPS) is 9.15. The Morgan fingerprint density at radius 1 is 1.38 bits per heavy atom. The topological polar surface area (TPSA) is 119 Å². The van der Waals surface area contributed by atoms with Gasteiger partial charge in [-0.25, -0.2) is 0 Å². The first kappa shape index (κ1) is 8.80. The lowest BCUT2D eigenvalue weighted by atomic mass is 10.1. The molecule has 0 saturated heterocycles. The van der Waals surface area contributed by atoms with Gasteiger partial charge < -0.3 is 11.5 Å². The van der Waals surface area contributed by atoms with Crippen LogP contribution in [0.2, 0.25) is 0 Å². The maximum Gasteiger partial charge on any atom is 0.293 e. The van der Waals surface area contributed by atoms with E-state index in [-0.39, 0.29) is 22.6 Å². The Hall–Kier alpha value is -2.29. The van der Waals surface area contributed by atoms with E-state index in [4.69, 9.17) is 16.7 Å². The zero-order valence-corrected chi connectivity index (χ0v) is 6.52. The molecule has 0 unspecified atom stereocenters. The molecule has 0 heterocycles. The average Bonchev–Trinajstić information content (AvgIpc) is 2.03. The summed E-state index contributed by atoms with van der Waals surface area (Å²) in [4.78, 5) is 9.72. The van der Waals surface area contributed by atoms with Crippen LogP contribution < -0.4 is 11.5 Å². The van der Waals surface area contributed by atoms with Crippen LogP contribution in [-0.2, 0) is 0 Å². The minimum Gasteiger partial charge on any atom is -0.398 e. The molecule has 0 aromatic heterocycles. The van der Waals surface area contributed by atoms with E-state index in [9.17, 15) is 10.1 Å². The van der Waals surface area contributed by atoms with Crippen molar-refractivity contribution in [2.45, 2.75) is 0 Å². The molecule has 0 fully saturated rings. The van der Waals surface area contributed by atoms with Crippen LogP contribution in [0.4, 0.5) is 17.1 Å². The van der Waals surface area contributed by atoms with Gasteiger partial charge in [0.25, 0.3) is 5.69 Å². The minimum absolute atomic E-state index is 0.0403. The highest BCUT2D eigenvalue weighted by Gasteiger charge is 2.14. The third kappa shape index (κ3) is 1.49. The van der Waals surface area contributed by atoms with E-state index in [2.05, 4.69) is 0 Å². The van der Waals surface area contributed by atoms with Gasteiger partial charge in [-0.2, -0.15) is 5.26 Å². The number of hydrogen-bond donors (Lipinski definition) is 2. The second-order valence-corrected chi connectivity index (χ2v) is 2.37. The van der Waals surface area contributed by atoms with Crippen LogP contribution in [-0.4, -0.2) is 4.92 Å². The summed E-state index contributed by atoms with van der Waals surface area (Å²) in [5.41, 5.74) is 10.6. The molecule has 6 heteroatoms. The van der Waals surface area contributed by atoms with E-state index >= 15 is 0 Å². The number of nitriles is 1. The summed E-state index contributed by atoms with van der Waals surface area (Å²) in [7, 11) is 0. The van der Waals surface area contributed by atoms with Gasteiger partial charge in [0.05, 0.1) is 16.2 Å². The predicted molar refractivity (Wildman–Crippen MR) is 46.6 cm³/mol. The van der Waals surface area contributed by atoms with E-state index in [1.165, 1.54) is 6.07 Å². The van der Waals surface area contributed by atoms with E-state index in [0.717, 1.165) is 6.07 Å². The van der Waals surface area contributed by atoms with Crippen molar-refractivity contribution in [3.63, 3.8) is 0 Å². The number of anilines is 2. The Bertz CT molecular complexity index is 408. The van der Waals surface area contributed by atoms with Crippen LogP contribution in [0.25, 0.3) is 0 Å². The lowest BCUT2D eigenvalue weighted by Crippen LogP contribution is -1.99. The molecule has 0 amide bonds. The molecule has 1 aromatic rings. The molecule has 13 heavy (non-hydrogen) atoms. The summed E-state index contributed by atoms with van der Waals surface area (Å²) in [6, 6.07) is 4.00. The molecule has 6 nitrogen and oxygen atoms in total. The van der Waals surface area contributed by atoms with Gasteiger partial charge >= 0.3 is 0 Å². The molecule has 1 rings (SSSR count). The summed E-state index contributed by atoms with van der Waals surface area (Å²) in [5, 5.41) is 18.9. The highest BCUT2D eigenvalue weighted by atomic mass is 16.6. The molecular weight excluding hydrogens is 172 g/mol. The molecule has 0 radical (unpaired) electrons. The van der Waals surface area contributed by atoms with Crippen molar-refractivity contribution < 1.29 is 4.92 Å². The number of nitro groups is 1. The second-order valence-electron chi connectivity index (χ2n) is 2.37. The Labute approximate surface area is 73.5 Å². The Kier molecular flexibility index (Phi) is 2.02. The third-order valence-electron chi connectivity index (χ3n) is 1.52. The van der Waals surface area contributed by atoms with E-state index in [0.29, 0.717) is 0 Å². The van der Waals surface area contributed by atoms with Crippen LogP contribution in [0.3, 0.4) is 0 Å². The highest BCUT2D eigenvalue weighted by molar-refractivity contribution is 5.70. The molecule has 4 N–H and O–H groups in total. The maximum atomic E-state index is 10.4. The fourth-order valence-corrected chi connectivity index (χ4v) is 0.878. The first-order valence-corrected chi connectivity index (χ1v) is 3.29. The molecule has 1 aromatic carbocycles. The van der Waals surface area contributed by atoms with Crippen LogP contribution in [0.1, 0.15) is 5.56 Å². The number of nitrogens with two attached hydrogens (primary N) is 2. The first-order chi connectivity index (χ1) is 6.06. The lowest BCUT2D eigenvalue weighted by molar-refractivity contribution is -0.383. The van der Waals surface area contributed by atoms with Crippen molar-refractivity contribution in [2.24, 2.45) is 0 Å². The van der Waals surface area contributed by atoms with Crippen LogP contribution in [0.5, 0.6) is 0 Å². The summed E-state index contributed by atoms with van der Waals surface area (Å²) >= 11 is 0. The van der Waals surface area contributed by atoms with Gasteiger partial charge in [-0.1, -0.05) is 0 Å². The van der Waals surface area contributed by atoms with Gasteiger partial charge in [0, 0.05) is 6.07 Å². The maximum absolute atomic E-state index is 10.4. The fraction of sp³-hybridized carbons (Fsp3) is 0. The second kappa shape index (κ2) is 2.98. The number of hydrogen-bond acceptors (Lipinski definition) is 5. The Balaban J connectivity index is 3.41. The SMILES string of the molecule is N#Cc1cc([N+](=O)[O-])c(N)cc1N. The molecule has 0 spiro atoms. The van der Waals surface area contributed by atoms with Crippen LogP contribution in [0, 0.1) is 21.4 Å². The smallest absolute Gasteiger partial charge is 0.293 e. The van der Waals surface area contributed by atoms with E-state index < -0.39 is 4.92 Å². The van der Waals surface area contributed by atoms with Gasteiger partial charge in [0.15, 0.2) is 0 Å². The van der Waals surface area contributed by atoms with E-state index in [1.54, 1.807) is 6.07 Å². The lowest BCUT2D eigenvalue weighted by Gasteiger charge is -2.00. The van der Waals surface area contributed by atoms with Crippen molar-refractivity contribution in [2.75, 3.05) is 11.5 Å². The number of nitrogens with zero attached hydrogens (tertiary/aromatic N) is 2. The molecule has 0 atom stereocenters. The highest BCUT2D eigenvalue weighted by Crippen LogP contribution is 2.26. The number of nitrogen functional groups attached to an aromatic ring is 2. The van der Waals surface area contributed by atoms with Gasteiger partial charge in [-0.3, -0.25) is 10.1 Å². The third-order valence-corrected chi connectivity index (χ3v) is 1.52. The molecule has 0 bridgehead atoms. The quantitative estimate of drug-likeness (QED) is 0.371. The van der Waals surface area contributed by atoms with Gasteiger partial charge in [0.2, 0.25) is 0 Å². The van der Waals surface area contributed by atoms with Gasteiger partial charge in [-0.15, -0.1) is 0 Å². The molecule has 0 aliphatic rings. The first-order valence-electron chi connectivity index (χ1n) is 3.29. The number of nitro benzene ring substituents is 1. The standard InChI is InChI=1S/C7H6N4O2/c8-3-4-1-7(11(12)13)6(10)2-5(4)9/h1-2H,9-10H2. The van der Waals surface area contributed by atoms with Gasteiger partial charge in [-0.05, 0) is 6.07 Å². The summed E-state index contributed by atoms with van der Waals surface area (Å²) in [6.45, 7) is 0. The molecule has 66 valence electrons. The zero-order valence-electron chi connectivity index (χ0n) is 6.52. The van der Waals surface area contributed by atoms with Crippen molar-refractivity contribution in [3.05, 3.63) is 27.8 Å². The summed E-state index contributed by atoms with van der Waals surface area (Å²) in [6.07, 6.45) is 0. The Morgan fingerprint density at radius 2 is 2.00 bits per heavy atom. The summed E-state index contributed by atoms with van der Waals surface area (Å²) < 4.78 is 0. The molecule has 0 aliphatic carbocycles. The predicted octanol–water partition coefficient (Wildman–Crippen LogP) is 0.631. The monoisotopic (exact) mass is 178 g/mol.